The van der Waals surface area contributed by atoms with E-state index in [1.807, 2.05) is 4.90 Å². The van der Waals surface area contributed by atoms with Gasteiger partial charge in [-0.25, -0.2) is 9.59 Å². The van der Waals surface area contributed by atoms with E-state index in [2.05, 4.69) is 24.5 Å². The molecule has 0 aromatic carbocycles. The second-order valence-corrected chi connectivity index (χ2v) is 14.1. The van der Waals surface area contributed by atoms with Gasteiger partial charge in [-0.1, -0.05) is 13.8 Å². The Morgan fingerprint density at radius 3 is 2.68 bits per heavy atom. The first kappa shape index (κ1) is 28.7. The van der Waals surface area contributed by atoms with Crippen LogP contribution in [0.4, 0.5) is 4.79 Å². The first-order valence-corrected chi connectivity index (χ1v) is 15.8. The van der Waals surface area contributed by atoms with Crippen molar-refractivity contribution in [3.63, 3.8) is 0 Å². The summed E-state index contributed by atoms with van der Waals surface area (Å²) in [6, 6.07) is 3.46. The first-order chi connectivity index (χ1) is 19.5. The lowest BCUT2D eigenvalue weighted by atomic mass is 9.43. The molecule has 6 rings (SSSR count). The molecule has 1 aliphatic heterocycles. The van der Waals surface area contributed by atoms with E-state index in [0.717, 1.165) is 83.1 Å². The van der Waals surface area contributed by atoms with Gasteiger partial charge in [0.2, 0.25) is 0 Å². The summed E-state index contributed by atoms with van der Waals surface area (Å²) in [5.41, 5.74) is -1.01. The van der Waals surface area contributed by atoms with Crippen molar-refractivity contribution in [3.05, 3.63) is 34.4 Å². The molecule has 2 amide bonds. The third kappa shape index (κ3) is 4.81. The van der Waals surface area contributed by atoms with Crippen molar-refractivity contribution in [1.29, 1.82) is 0 Å². The van der Waals surface area contributed by atoms with Gasteiger partial charge in [-0.15, -0.1) is 0 Å². The summed E-state index contributed by atoms with van der Waals surface area (Å²) < 4.78 is 11.1. The topological polar surface area (TPSA) is 121 Å². The van der Waals surface area contributed by atoms with Gasteiger partial charge in [-0.3, -0.25) is 4.79 Å². The van der Waals surface area contributed by atoms with E-state index in [9.17, 15) is 19.5 Å². The maximum absolute atomic E-state index is 13.1. The highest BCUT2D eigenvalue weighted by molar-refractivity contribution is 5.74. The summed E-state index contributed by atoms with van der Waals surface area (Å²) in [4.78, 5) is 38.9. The number of nitrogens with one attached hydrogen (secondary N) is 2. The van der Waals surface area contributed by atoms with Crippen molar-refractivity contribution in [2.24, 2.45) is 28.6 Å². The predicted octanol–water partition coefficient (Wildman–Crippen LogP) is 3.80. The van der Waals surface area contributed by atoms with Gasteiger partial charge in [0.05, 0.1) is 11.9 Å². The minimum atomic E-state index is -0.989. The third-order valence-corrected chi connectivity index (χ3v) is 12.2. The largest absolute Gasteiger partial charge is 0.462 e. The molecule has 3 N–H and O–H groups in total. The molecule has 5 fully saturated rings. The van der Waals surface area contributed by atoms with Crippen LogP contribution in [0.2, 0.25) is 0 Å². The van der Waals surface area contributed by atoms with Crippen LogP contribution in [0, 0.1) is 28.6 Å². The Hall–Kier alpha value is -2.39. The number of nitrogens with zero attached hydrogens (tertiary/aromatic N) is 1. The van der Waals surface area contributed by atoms with E-state index in [-0.39, 0.29) is 35.3 Å². The molecule has 4 aliphatic carbocycles. The molecule has 9 atom stereocenters. The zero-order valence-electron chi connectivity index (χ0n) is 24.8. The molecule has 0 radical (unpaired) electrons. The Morgan fingerprint density at radius 1 is 1.10 bits per heavy atom. The van der Waals surface area contributed by atoms with Crippen LogP contribution in [0.15, 0.2) is 27.6 Å². The average molecular weight is 570 g/mol. The molecule has 2 heterocycles. The molecule has 4 saturated carbocycles. The van der Waals surface area contributed by atoms with Crippen LogP contribution >= 0.6 is 0 Å². The van der Waals surface area contributed by atoms with Crippen LogP contribution in [0.3, 0.4) is 0 Å². The van der Waals surface area contributed by atoms with Crippen LogP contribution in [0.5, 0.6) is 0 Å². The number of aliphatic hydroxyl groups is 1. The normalized spacial score (nSPS) is 42.3. The zero-order chi connectivity index (χ0) is 29.0. The van der Waals surface area contributed by atoms with Crippen molar-refractivity contribution in [3.8, 4) is 0 Å². The number of esters is 1. The highest BCUT2D eigenvalue weighted by atomic mass is 16.5. The van der Waals surface area contributed by atoms with Gasteiger partial charge >= 0.3 is 17.6 Å². The van der Waals surface area contributed by atoms with E-state index in [1.54, 1.807) is 6.07 Å². The van der Waals surface area contributed by atoms with Crippen LogP contribution in [-0.2, 0) is 9.53 Å². The van der Waals surface area contributed by atoms with E-state index in [0.29, 0.717) is 18.3 Å². The summed E-state index contributed by atoms with van der Waals surface area (Å²) in [6.45, 7) is 9.38. The number of amides is 2. The molecule has 226 valence electrons. The van der Waals surface area contributed by atoms with Gasteiger partial charge in [0, 0.05) is 56.4 Å². The fourth-order valence-corrected chi connectivity index (χ4v) is 10.1. The van der Waals surface area contributed by atoms with Crippen molar-refractivity contribution in [2.75, 3.05) is 26.2 Å². The number of rotatable bonds is 3. The predicted molar refractivity (Wildman–Crippen MR) is 153 cm³/mol. The van der Waals surface area contributed by atoms with Crippen molar-refractivity contribution < 1.29 is 23.8 Å². The smallest absolute Gasteiger partial charge is 0.335 e. The molecule has 0 unspecified atom stereocenters. The highest BCUT2D eigenvalue weighted by Crippen LogP contribution is 2.70. The minimum absolute atomic E-state index is 0.0731. The fourth-order valence-electron chi connectivity index (χ4n) is 10.1. The standard InChI is InChI=1S/C32H47N3O6/c1-20(36)41-26-18-32(39)25-7-6-22-17-23(34-29(38)35-15-4-13-33-14-16-35)9-11-30(22,2)24(25)10-12-31(32,3)28(26)21-5-8-27(37)40-19-21/h5,8,19,22-26,28,33,39H,4,6-7,9-18H2,1-3H3,(H,34,38)/t22-,23+,24+,25-,26+,28+,30+,31-,32+/m1/s1. The number of hydrogen-bond donors (Lipinski definition) is 3. The lowest BCUT2D eigenvalue weighted by Gasteiger charge is -2.63. The molecular formula is C32H47N3O6. The SMILES string of the molecule is CC(=O)O[C@H]1C[C@]2(O)[C@@H]3CC[C@@H]4C[C@@H](NC(=O)N5CCCNCC5)CC[C@]4(C)[C@H]3CC[C@]2(C)[C@H]1c1ccc(=O)oc1. The van der Waals surface area contributed by atoms with Crippen molar-refractivity contribution in [1.82, 2.24) is 15.5 Å². The van der Waals surface area contributed by atoms with Gasteiger partial charge in [-0.2, -0.15) is 0 Å². The molecule has 41 heavy (non-hydrogen) atoms. The maximum Gasteiger partial charge on any atom is 0.335 e. The summed E-state index contributed by atoms with van der Waals surface area (Å²) in [7, 11) is 0. The van der Waals surface area contributed by atoms with Crippen LogP contribution < -0.4 is 16.3 Å². The monoisotopic (exact) mass is 569 g/mol. The molecule has 0 bridgehead atoms. The Balaban J connectivity index is 1.21. The van der Waals surface area contributed by atoms with E-state index >= 15 is 0 Å². The summed E-state index contributed by atoms with van der Waals surface area (Å²) in [5, 5.41) is 19.5. The van der Waals surface area contributed by atoms with Gasteiger partial charge < -0.3 is 29.8 Å². The minimum Gasteiger partial charge on any atom is -0.462 e. The number of fused-ring (bicyclic) bond motifs is 5. The zero-order valence-corrected chi connectivity index (χ0v) is 24.8. The quantitative estimate of drug-likeness (QED) is 0.474. The second kappa shape index (κ2) is 10.7. The second-order valence-electron chi connectivity index (χ2n) is 14.1. The molecule has 0 spiro atoms. The number of carbonyl (C=O) groups excluding carboxylic acids is 2. The van der Waals surface area contributed by atoms with Crippen molar-refractivity contribution in [2.45, 2.75) is 102 Å². The number of hydrogen-bond acceptors (Lipinski definition) is 7. The van der Waals surface area contributed by atoms with Crippen LogP contribution in [-0.4, -0.2) is 65.9 Å². The van der Waals surface area contributed by atoms with Gasteiger partial charge in [0.25, 0.3) is 0 Å². The number of carbonyl (C=O) groups is 2. The van der Waals surface area contributed by atoms with Crippen molar-refractivity contribution >= 4 is 12.0 Å². The molecular weight excluding hydrogens is 522 g/mol. The number of ether oxygens (including phenoxy) is 1. The molecule has 5 aliphatic rings. The van der Waals surface area contributed by atoms with Gasteiger partial charge in [-0.05, 0) is 92.7 Å². The van der Waals surface area contributed by atoms with E-state index in [1.165, 1.54) is 19.3 Å². The maximum atomic E-state index is 13.1. The average Bonchev–Trinajstić information content (AvgIpc) is 3.09. The van der Waals surface area contributed by atoms with Gasteiger partial charge in [0.1, 0.15) is 6.10 Å². The van der Waals surface area contributed by atoms with Crippen LogP contribution in [0.25, 0.3) is 0 Å². The third-order valence-electron chi connectivity index (χ3n) is 12.2. The summed E-state index contributed by atoms with van der Waals surface area (Å²) in [5.74, 6) is 0.390. The number of urea groups is 1. The molecule has 1 aromatic rings. The molecule has 9 nitrogen and oxygen atoms in total. The molecule has 1 saturated heterocycles. The van der Waals surface area contributed by atoms with Crippen LogP contribution in [0.1, 0.15) is 90.0 Å². The first-order valence-electron chi connectivity index (χ1n) is 15.8. The van der Waals surface area contributed by atoms with E-state index < -0.39 is 22.7 Å². The van der Waals surface area contributed by atoms with E-state index in [4.69, 9.17) is 9.15 Å². The summed E-state index contributed by atoms with van der Waals surface area (Å²) in [6.07, 6.45) is 9.19. The summed E-state index contributed by atoms with van der Waals surface area (Å²) >= 11 is 0. The lowest BCUT2D eigenvalue weighted by molar-refractivity contribution is -0.202. The molecule has 1 aromatic heterocycles. The highest BCUT2D eigenvalue weighted by Gasteiger charge is 2.70. The molecule has 9 heteroatoms. The Bertz CT molecular complexity index is 1190. The Labute approximate surface area is 242 Å². The Morgan fingerprint density at radius 2 is 1.93 bits per heavy atom. The fraction of sp³-hybridized carbons (Fsp3) is 0.781. The Kier molecular flexibility index (Phi) is 7.50. The lowest BCUT2D eigenvalue weighted by Crippen LogP contribution is -2.62. The van der Waals surface area contributed by atoms with Gasteiger partial charge in [0.15, 0.2) is 0 Å².